The smallest absolute Gasteiger partial charge is 0.146 e. The van der Waals surface area contributed by atoms with Gasteiger partial charge in [0.15, 0.2) is 0 Å². The van der Waals surface area contributed by atoms with E-state index in [1.165, 1.54) is 143 Å². The van der Waals surface area contributed by atoms with Crippen LogP contribution in [-0.4, -0.2) is 275 Å². The lowest BCUT2D eigenvalue weighted by Gasteiger charge is -2.42. The molecule has 8 unspecified atom stereocenters. The average Bonchev–Trinajstić information content (AvgIpc) is 4.22. The summed E-state index contributed by atoms with van der Waals surface area (Å²) in [6, 6.07) is 2.43. The average molecular weight is 965 g/mol. The number of ether oxygens (including phenoxy) is 2. The lowest BCUT2D eigenvalue weighted by atomic mass is 9.89. The molecule has 14 rings (SSSR count). The zero-order chi connectivity index (χ0) is 48.0. The first-order valence-electron chi connectivity index (χ1n) is 27.4. The number of likely N-dealkylation sites (tertiary alicyclic amines) is 3. The number of hydrogen-bond acceptors (Lipinski definition) is 16. The van der Waals surface area contributed by atoms with Crippen LogP contribution in [0.5, 0.6) is 0 Å². The van der Waals surface area contributed by atoms with Crippen LogP contribution in [0.2, 0.25) is 0 Å². The van der Waals surface area contributed by atoms with E-state index in [1.54, 1.807) is 6.33 Å². The third kappa shape index (κ3) is 16.2. The zero-order valence-corrected chi connectivity index (χ0v) is 44.1. The minimum absolute atomic E-state index is 0.669. The molecule has 0 radical (unpaired) electrons. The van der Waals surface area contributed by atoms with Gasteiger partial charge in [-0.25, -0.2) is 4.98 Å². The number of imidazole rings is 1. The Morgan fingerprint density at radius 1 is 0.522 bits per heavy atom. The Kier molecular flexibility index (Phi) is 21.0. The SMILES string of the molecule is CN1CC2CNCC2C1.CN1CCC2COCC2C1.CN1CCC2NCCC2C1.CN1CCN2CCCC2C1.CN1CCN2CCOCC2C1.CN1CCn2ccnc2C1.c1nnc2n1CCNC2. The van der Waals surface area contributed by atoms with Crippen LogP contribution in [0.3, 0.4) is 0 Å². The molecule has 0 bridgehead atoms. The maximum absolute atomic E-state index is 5.42. The van der Waals surface area contributed by atoms with Crippen molar-refractivity contribution in [2.24, 2.45) is 29.6 Å². The Morgan fingerprint density at radius 3 is 2.01 bits per heavy atom. The van der Waals surface area contributed by atoms with E-state index in [1.807, 2.05) is 12.4 Å². The van der Waals surface area contributed by atoms with Crippen molar-refractivity contribution in [1.82, 2.24) is 79.5 Å². The van der Waals surface area contributed by atoms with Gasteiger partial charge in [-0.2, -0.15) is 0 Å². The van der Waals surface area contributed by atoms with Gasteiger partial charge < -0.3 is 59.1 Å². The van der Waals surface area contributed by atoms with Crippen molar-refractivity contribution < 1.29 is 9.47 Å². The van der Waals surface area contributed by atoms with Crippen LogP contribution in [0.15, 0.2) is 18.7 Å². The topological polar surface area (TPSA) is 129 Å². The van der Waals surface area contributed by atoms with Gasteiger partial charge in [0.05, 0.1) is 32.9 Å². The minimum atomic E-state index is 0.669. The molecule has 0 aliphatic carbocycles. The molecular weight excluding hydrogens is 869 g/mol. The van der Waals surface area contributed by atoms with Crippen molar-refractivity contribution >= 4 is 0 Å². The standard InChI is InChI=1S/C8H16N2O.2C8H16N2.C8H15NO.C7H11N3.C7H14N2.C5H8N4/c1-9-2-3-10-4-5-11-7-8(10)6-9;1-10-5-3-8-7(6-10)2-4-9-8;1-9-5-6-10-4-2-3-8(10)7-9;1-9-3-2-7-5-10-6-8(7)4-9;1-9-4-5-10-3-2-8-7(10)6-9;1-9-4-6-2-8-3-7(6)5-9;1-2-9-4-7-8-5(9)3-6-1/h8H,2-7H2,1H3;7-9H,2-6H2,1H3;8H,2-7H2,1H3;7-8H,2-6H2,1H3;2-3H,4-6H2,1H3;6-8H,2-5H2,1H3;4,6H,1-3H2. The van der Waals surface area contributed by atoms with Crippen LogP contribution < -0.4 is 16.0 Å². The highest BCUT2D eigenvalue weighted by molar-refractivity contribution is 4.95. The third-order valence-corrected chi connectivity index (χ3v) is 17.1. The van der Waals surface area contributed by atoms with E-state index < -0.39 is 0 Å². The second-order valence-electron chi connectivity index (χ2n) is 22.7. The number of nitrogens with zero attached hydrogens (tertiary/aromatic N) is 13. The molecule has 2 aromatic heterocycles. The first kappa shape index (κ1) is 53.1. The van der Waals surface area contributed by atoms with E-state index in [2.05, 4.69) is 122 Å². The molecule has 10 saturated heterocycles. The molecule has 14 heterocycles. The number of piperidine rings is 2. The normalized spacial score (nSPS) is 33.7. The molecule has 8 atom stereocenters. The summed E-state index contributed by atoms with van der Waals surface area (Å²) >= 11 is 0. The summed E-state index contributed by atoms with van der Waals surface area (Å²) in [5.74, 6) is 6.86. The van der Waals surface area contributed by atoms with Crippen molar-refractivity contribution in [2.75, 3.05) is 193 Å². The summed E-state index contributed by atoms with van der Waals surface area (Å²) in [4.78, 5) is 23.8. The summed E-state index contributed by atoms with van der Waals surface area (Å²) in [6.45, 7) is 31.6. The Morgan fingerprint density at radius 2 is 1.22 bits per heavy atom. The molecule has 12 aliphatic rings. The molecule has 10 fully saturated rings. The highest BCUT2D eigenvalue weighted by Gasteiger charge is 2.35. The van der Waals surface area contributed by atoms with Crippen molar-refractivity contribution in [3.05, 3.63) is 30.4 Å². The van der Waals surface area contributed by atoms with Crippen molar-refractivity contribution in [3.8, 4) is 0 Å². The number of nitrogens with one attached hydrogen (secondary N) is 3. The molecule has 392 valence electrons. The van der Waals surface area contributed by atoms with Crippen LogP contribution in [0.1, 0.15) is 43.8 Å². The molecule has 0 aromatic carbocycles. The number of aromatic nitrogens is 5. The zero-order valence-electron chi connectivity index (χ0n) is 44.1. The van der Waals surface area contributed by atoms with E-state index in [-0.39, 0.29) is 0 Å². The Bertz CT molecular complexity index is 1650. The second kappa shape index (κ2) is 27.2. The molecule has 18 heteroatoms. The Balaban J connectivity index is 0.000000109. The predicted molar refractivity (Wildman–Crippen MR) is 275 cm³/mol. The molecule has 12 aliphatic heterocycles. The van der Waals surface area contributed by atoms with E-state index in [9.17, 15) is 0 Å². The number of likely N-dealkylation sites (N-methyl/N-ethyl adjacent to an activating group) is 3. The van der Waals surface area contributed by atoms with Crippen molar-refractivity contribution in [2.45, 2.75) is 76.4 Å². The summed E-state index contributed by atoms with van der Waals surface area (Å²) in [6.07, 6.45) is 12.7. The van der Waals surface area contributed by atoms with Gasteiger partial charge in [-0.3, -0.25) is 14.7 Å². The summed E-state index contributed by atoms with van der Waals surface area (Å²) < 4.78 is 15.1. The van der Waals surface area contributed by atoms with Gasteiger partial charge in [-0.1, -0.05) is 0 Å². The fraction of sp³-hybridized carbons (Fsp3) is 0.902. The monoisotopic (exact) mass is 965 g/mol. The van der Waals surface area contributed by atoms with Gasteiger partial charge in [0, 0.05) is 141 Å². The van der Waals surface area contributed by atoms with Crippen LogP contribution >= 0.6 is 0 Å². The molecule has 0 spiro atoms. The highest BCUT2D eigenvalue weighted by atomic mass is 16.5. The van der Waals surface area contributed by atoms with Crippen molar-refractivity contribution in [3.63, 3.8) is 0 Å². The van der Waals surface area contributed by atoms with Gasteiger partial charge >= 0.3 is 0 Å². The lowest BCUT2D eigenvalue weighted by molar-refractivity contribution is -0.0397. The maximum Gasteiger partial charge on any atom is 0.146 e. The molecule has 2 aromatic rings. The number of fused-ring (bicyclic) bond motifs is 7. The second-order valence-corrected chi connectivity index (χ2v) is 22.7. The summed E-state index contributed by atoms with van der Waals surface area (Å²) in [7, 11) is 13.2. The number of rotatable bonds is 0. The first-order valence-corrected chi connectivity index (χ1v) is 27.4. The lowest BCUT2D eigenvalue weighted by Crippen LogP contribution is -2.56. The number of hydrogen-bond donors (Lipinski definition) is 3. The minimum Gasteiger partial charge on any atom is -0.381 e. The van der Waals surface area contributed by atoms with E-state index in [0.29, 0.717) is 6.04 Å². The van der Waals surface area contributed by atoms with Gasteiger partial charge in [0.25, 0.3) is 0 Å². The molecular formula is C51H96N16O2. The molecule has 0 amide bonds. The van der Waals surface area contributed by atoms with Crippen LogP contribution in [0, 0.1) is 29.6 Å². The van der Waals surface area contributed by atoms with Crippen LogP contribution in [-0.2, 0) is 35.7 Å². The van der Waals surface area contributed by atoms with Gasteiger partial charge in [-0.05, 0) is 137 Å². The van der Waals surface area contributed by atoms with Crippen LogP contribution in [0.25, 0.3) is 0 Å². The molecule has 0 saturated carbocycles. The third-order valence-electron chi connectivity index (χ3n) is 17.1. The van der Waals surface area contributed by atoms with E-state index >= 15 is 0 Å². The van der Waals surface area contributed by atoms with Gasteiger partial charge in [0.2, 0.25) is 0 Å². The van der Waals surface area contributed by atoms with E-state index in [4.69, 9.17) is 9.47 Å². The highest BCUT2D eigenvalue weighted by Crippen LogP contribution is 2.28. The molecule has 69 heavy (non-hydrogen) atoms. The number of piperazine rings is 2. The van der Waals surface area contributed by atoms with Crippen molar-refractivity contribution in [1.29, 1.82) is 0 Å². The van der Waals surface area contributed by atoms with Gasteiger partial charge in [-0.15, -0.1) is 10.2 Å². The van der Waals surface area contributed by atoms with Gasteiger partial charge in [0.1, 0.15) is 18.0 Å². The molecule has 18 nitrogen and oxygen atoms in total. The maximum atomic E-state index is 5.42. The van der Waals surface area contributed by atoms with Crippen LogP contribution in [0.4, 0.5) is 0 Å². The largest absolute Gasteiger partial charge is 0.381 e. The quantitative estimate of drug-likeness (QED) is 0.337. The first-order chi connectivity index (χ1) is 33.6. The summed E-state index contributed by atoms with van der Waals surface area (Å²) in [5.41, 5.74) is 0. The predicted octanol–water partition coefficient (Wildman–Crippen LogP) is 0.390. The Hall–Kier alpha value is -2.17. The molecule has 3 N–H and O–H groups in total. The summed E-state index contributed by atoms with van der Waals surface area (Å²) in [5, 5.41) is 17.9. The number of morpholine rings is 1. The fourth-order valence-corrected chi connectivity index (χ4v) is 12.7. The van der Waals surface area contributed by atoms with E-state index in [0.717, 1.165) is 120 Å². The Labute approximate surface area is 417 Å². The fourth-order valence-electron chi connectivity index (χ4n) is 12.7.